The van der Waals surface area contributed by atoms with Crippen molar-refractivity contribution in [3.05, 3.63) is 35.6 Å². The van der Waals surface area contributed by atoms with E-state index in [1.54, 1.807) is 11.8 Å². The molecule has 10 heteroatoms. The molecule has 1 aliphatic rings. The van der Waals surface area contributed by atoms with Crippen molar-refractivity contribution in [3.63, 3.8) is 0 Å². The van der Waals surface area contributed by atoms with E-state index in [9.17, 15) is 4.79 Å². The first kappa shape index (κ1) is 22.9. The molecule has 0 fully saturated rings. The molecule has 0 atom stereocenters. The first-order valence-electron chi connectivity index (χ1n) is 5.55. The number of hydrogen-bond acceptors (Lipinski definition) is 3. The van der Waals surface area contributed by atoms with E-state index in [4.69, 9.17) is 4.74 Å². The fourth-order valence-corrected chi connectivity index (χ4v) is 3.85. The van der Waals surface area contributed by atoms with E-state index in [2.05, 4.69) is 105 Å². The topological polar surface area (TPSA) is 30.2 Å². The third-order valence-electron chi connectivity index (χ3n) is 2.42. The number of pyridine rings is 1. The minimum Gasteiger partial charge on any atom is -0.457 e. The van der Waals surface area contributed by atoms with Crippen LogP contribution < -0.4 is 17.8 Å². The van der Waals surface area contributed by atoms with E-state index >= 15 is 0 Å². The van der Waals surface area contributed by atoms with Gasteiger partial charge in [0.15, 0.2) is 6.20 Å². The molecule has 0 spiro atoms. The fourth-order valence-electron chi connectivity index (χ4n) is 1.56. The van der Waals surface area contributed by atoms with Gasteiger partial charge in [0.1, 0.15) is 12.2 Å². The van der Waals surface area contributed by atoms with E-state index < -0.39 is 0 Å². The van der Waals surface area contributed by atoms with Gasteiger partial charge in [-0.2, -0.15) is 4.57 Å². The first-order valence-corrected chi connectivity index (χ1v) is 22.7. The summed E-state index contributed by atoms with van der Waals surface area (Å²) in [6, 6.07) is 3.70. The predicted octanol–water partition coefficient (Wildman–Crippen LogP) is 2.96. The van der Waals surface area contributed by atoms with Crippen molar-refractivity contribution < 1.29 is 27.4 Å². The Bertz CT molecular complexity index is 593. The zero-order valence-electron chi connectivity index (χ0n) is 10.7. The van der Waals surface area contributed by atoms with E-state index in [0.717, 1.165) is 14.4 Å². The van der Waals surface area contributed by atoms with Gasteiger partial charge in [-0.15, -0.1) is 0 Å². The van der Waals surface area contributed by atoms with Crippen LogP contribution in [0.15, 0.2) is 35.1 Å². The summed E-state index contributed by atoms with van der Waals surface area (Å²) >= 11 is 13.5. The molecule has 1 aromatic heterocycles. The Kier molecular flexibility index (Phi) is 13.6. The van der Waals surface area contributed by atoms with Crippen molar-refractivity contribution in [3.8, 4) is 0 Å². The van der Waals surface area contributed by atoms with Crippen LogP contribution in [0.4, 0.5) is 0 Å². The largest absolute Gasteiger partial charge is 0.457 e. The molecule has 0 saturated carbocycles. The molecule has 0 unspecified atom stereocenters. The van der Waals surface area contributed by atoms with E-state index in [1.165, 1.54) is 5.70 Å². The average Bonchev–Trinajstić information content (AvgIpc) is 2.96. The minimum atomic E-state index is -0.265. The molecule has 3 nitrogen and oxygen atoms in total. The first-order chi connectivity index (χ1) is 10.6. The Morgan fingerprint density at radius 3 is 2.73 bits per heavy atom. The molecule has 0 radical (unpaired) electrons. The molecule has 0 aliphatic carbocycles. The number of nitrogens with zero attached hydrogens (tertiary/aromatic N) is 1. The SMILES string of the molecule is I[I-]I.O=C(OCC(I)=CI)c1ccc[n+]2c1SCC2=CI. The van der Waals surface area contributed by atoms with Gasteiger partial charge >= 0.3 is 56.5 Å². The zero-order chi connectivity index (χ0) is 16.5. The Hall–Kier alpha value is 2.83. The van der Waals surface area contributed by atoms with Crippen LogP contribution >= 0.6 is 117 Å². The molecule has 0 aromatic carbocycles. The molecule has 2 rings (SSSR count). The fraction of sp³-hybridized carbons (Fsp3) is 0.167. The molecular weight excluding hydrogens is 984 g/mol. The van der Waals surface area contributed by atoms with Crippen LogP contribution in [0.3, 0.4) is 0 Å². The van der Waals surface area contributed by atoms with Crippen molar-refractivity contribution in [2.24, 2.45) is 0 Å². The number of ether oxygens (including phenoxy) is 1. The molecule has 2 heterocycles. The second kappa shape index (κ2) is 13.1. The van der Waals surface area contributed by atoms with Gasteiger partial charge in [0.25, 0.3) is 5.03 Å². The maximum Gasteiger partial charge on any atom is 0.345 e. The van der Waals surface area contributed by atoms with Gasteiger partial charge < -0.3 is 4.74 Å². The number of fused-ring (bicyclic) bond motifs is 1. The number of carbonyl (C=O) groups is 1. The summed E-state index contributed by atoms with van der Waals surface area (Å²) in [5, 5.41) is 0.962. The normalized spacial score (nSPS) is 15.3. The van der Waals surface area contributed by atoms with Gasteiger partial charge in [0, 0.05) is 13.7 Å². The van der Waals surface area contributed by atoms with Crippen LogP contribution in [0.1, 0.15) is 10.4 Å². The van der Waals surface area contributed by atoms with Crippen molar-refractivity contribution in [2.75, 3.05) is 12.4 Å². The van der Waals surface area contributed by atoms with Crippen LogP contribution in [0.5, 0.6) is 0 Å². The summed E-state index contributed by atoms with van der Waals surface area (Å²) in [6.07, 6.45) is 1.98. The number of rotatable bonds is 3. The number of carbonyl (C=O) groups excluding carboxylic acids is 1. The van der Waals surface area contributed by atoms with E-state index in [1.807, 2.05) is 31.1 Å². The van der Waals surface area contributed by atoms with Crippen LogP contribution in [0.2, 0.25) is 0 Å². The Morgan fingerprint density at radius 2 is 2.14 bits per heavy atom. The third kappa shape index (κ3) is 7.22. The number of aromatic nitrogens is 1. The predicted molar refractivity (Wildman–Crippen MR) is 130 cm³/mol. The molecule has 0 N–H and O–H groups in total. The molecule has 122 valence electrons. The van der Waals surface area contributed by atoms with Crippen LogP contribution in [0.25, 0.3) is 5.70 Å². The summed E-state index contributed by atoms with van der Waals surface area (Å²) in [4.78, 5) is 12.1. The van der Waals surface area contributed by atoms with Gasteiger partial charge in [-0.05, 0) is 67.1 Å². The number of esters is 1. The van der Waals surface area contributed by atoms with Crippen molar-refractivity contribution >= 4 is 128 Å². The number of halogens is 6. The van der Waals surface area contributed by atoms with Crippen molar-refractivity contribution in [2.45, 2.75) is 5.03 Å². The van der Waals surface area contributed by atoms with Gasteiger partial charge in [0.2, 0.25) is 5.70 Å². The van der Waals surface area contributed by atoms with Crippen LogP contribution in [-0.2, 0) is 4.74 Å². The summed E-state index contributed by atoms with van der Waals surface area (Å²) in [6.45, 7) is 0.330. The Morgan fingerprint density at radius 1 is 1.45 bits per heavy atom. The standard InChI is InChI=1S/C12H9I3NO2S.I3/c13-4-8(15)6-18-12(17)10-2-1-3-16-9(5-14)7-19-11(10)16;1-3-2/h1-5H,6-7H2;/q+1;-1. The molecule has 0 saturated heterocycles. The summed E-state index contributed by atoms with van der Waals surface area (Å²) < 4.78 is 12.3. The van der Waals surface area contributed by atoms with Gasteiger partial charge in [0.05, 0.1) is 5.75 Å². The van der Waals surface area contributed by atoms with Crippen molar-refractivity contribution in [1.82, 2.24) is 0 Å². The third-order valence-corrected chi connectivity index (χ3v) is 6.83. The van der Waals surface area contributed by atoms with Gasteiger partial charge in [-0.3, -0.25) is 0 Å². The second-order valence-electron chi connectivity index (χ2n) is 3.67. The molecular formula is C12H9I6NO2S. The Balaban J connectivity index is 0.000000745. The molecule has 0 bridgehead atoms. The van der Waals surface area contributed by atoms with Crippen molar-refractivity contribution in [1.29, 1.82) is 0 Å². The minimum absolute atomic E-state index is 0.265. The van der Waals surface area contributed by atoms with Gasteiger partial charge in [-0.25, -0.2) is 4.79 Å². The summed E-state index contributed by atoms with van der Waals surface area (Å²) in [7, 11) is 0. The van der Waals surface area contributed by atoms with E-state index in [0.29, 0.717) is 25.4 Å². The summed E-state index contributed by atoms with van der Waals surface area (Å²) in [5.41, 5.74) is 1.83. The monoisotopic (exact) mass is 992 g/mol. The van der Waals surface area contributed by atoms with Crippen LogP contribution in [0, 0.1) is 0 Å². The maximum absolute atomic E-state index is 12.1. The zero-order valence-corrected chi connectivity index (χ0v) is 24.5. The molecule has 1 aliphatic heterocycles. The van der Waals surface area contributed by atoms with E-state index in [-0.39, 0.29) is 5.97 Å². The maximum atomic E-state index is 12.1. The summed E-state index contributed by atoms with van der Waals surface area (Å²) in [5.74, 6) is 0.622. The van der Waals surface area contributed by atoms with Gasteiger partial charge in [-0.1, -0.05) is 22.6 Å². The quantitative estimate of drug-likeness (QED) is 0.266. The van der Waals surface area contributed by atoms with Crippen LogP contribution in [-0.4, -0.2) is 18.3 Å². The number of hydrogen-bond donors (Lipinski definition) is 0. The second-order valence-corrected chi connectivity index (χ2v) is 23.5. The molecule has 22 heavy (non-hydrogen) atoms. The number of thioether (sulfide) groups is 1. The molecule has 0 amide bonds. The molecule has 1 aromatic rings. The smallest absolute Gasteiger partial charge is 0.345 e. The Labute approximate surface area is 204 Å². The average molecular weight is 993 g/mol.